The fourth-order valence-corrected chi connectivity index (χ4v) is 3.11. The van der Waals surface area contributed by atoms with Crippen LogP contribution in [0.15, 0.2) is 12.4 Å². The molecular formula is C13H22ClN3. The van der Waals surface area contributed by atoms with E-state index in [0.717, 1.165) is 18.8 Å². The summed E-state index contributed by atoms with van der Waals surface area (Å²) in [4.78, 5) is 6.76. The van der Waals surface area contributed by atoms with Crippen LogP contribution in [-0.2, 0) is 13.5 Å². The third-order valence-corrected chi connectivity index (χ3v) is 4.33. The van der Waals surface area contributed by atoms with Crippen LogP contribution in [-0.4, -0.2) is 39.5 Å². The second kappa shape index (κ2) is 5.87. The Bertz CT molecular complexity index is 350. The van der Waals surface area contributed by atoms with E-state index in [4.69, 9.17) is 11.6 Å². The molecule has 1 aliphatic rings. The molecule has 0 saturated heterocycles. The van der Waals surface area contributed by atoms with Crippen LogP contribution in [0.4, 0.5) is 0 Å². The van der Waals surface area contributed by atoms with Gasteiger partial charge in [-0.1, -0.05) is 12.8 Å². The summed E-state index contributed by atoms with van der Waals surface area (Å²) in [6, 6.07) is 0.547. The quantitative estimate of drug-likeness (QED) is 0.771. The minimum Gasteiger partial charge on any atom is -0.338 e. The van der Waals surface area contributed by atoms with E-state index in [1.807, 2.05) is 19.4 Å². The average Bonchev–Trinajstić information content (AvgIpc) is 2.72. The van der Waals surface area contributed by atoms with Gasteiger partial charge in [-0.15, -0.1) is 11.6 Å². The van der Waals surface area contributed by atoms with Crippen LogP contribution in [0.3, 0.4) is 0 Å². The average molecular weight is 256 g/mol. The van der Waals surface area contributed by atoms with Gasteiger partial charge in [0, 0.05) is 43.8 Å². The molecule has 0 N–H and O–H groups in total. The maximum Gasteiger partial charge on any atom is 0.109 e. The number of hydrogen-bond acceptors (Lipinski definition) is 2. The molecule has 4 heteroatoms. The monoisotopic (exact) mass is 255 g/mol. The maximum atomic E-state index is 6.41. The number of likely N-dealkylation sites (N-methyl/N-ethyl adjacent to an activating group) is 1. The van der Waals surface area contributed by atoms with Gasteiger partial charge in [0.15, 0.2) is 0 Å². The van der Waals surface area contributed by atoms with Gasteiger partial charge in [0.2, 0.25) is 0 Å². The molecule has 0 aliphatic heterocycles. The van der Waals surface area contributed by atoms with Crippen molar-refractivity contribution in [2.75, 3.05) is 13.6 Å². The van der Waals surface area contributed by atoms with Crippen molar-refractivity contribution in [2.24, 2.45) is 7.05 Å². The summed E-state index contributed by atoms with van der Waals surface area (Å²) in [6.07, 6.45) is 9.88. The molecule has 1 heterocycles. The predicted molar refractivity (Wildman–Crippen MR) is 71.4 cm³/mol. The summed E-state index contributed by atoms with van der Waals surface area (Å²) in [5.74, 6) is 1.15. The zero-order valence-electron chi connectivity index (χ0n) is 10.8. The van der Waals surface area contributed by atoms with E-state index < -0.39 is 0 Å². The molecule has 0 radical (unpaired) electrons. The molecular weight excluding hydrogens is 234 g/mol. The third-order valence-electron chi connectivity index (χ3n) is 3.82. The Morgan fingerprint density at radius 2 is 2.24 bits per heavy atom. The maximum absolute atomic E-state index is 6.41. The number of nitrogens with zero attached hydrogens (tertiary/aromatic N) is 3. The Kier molecular flexibility index (Phi) is 4.46. The number of rotatable bonds is 4. The van der Waals surface area contributed by atoms with E-state index in [2.05, 4.69) is 21.5 Å². The topological polar surface area (TPSA) is 21.1 Å². The molecule has 1 saturated carbocycles. The first-order valence-corrected chi connectivity index (χ1v) is 6.92. The summed E-state index contributed by atoms with van der Waals surface area (Å²) >= 11 is 6.41. The number of hydrogen-bond donors (Lipinski definition) is 0. The summed E-state index contributed by atoms with van der Waals surface area (Å²) < 4.78 is 2.09. The zero-order valence-corrected chi connectivity index (χ0v) is 11.5. The molecule has 3 nitrogen and oxygen atoms in total. The molecule has 17 heavy (non-hydrogen) atoms. The number of halogens is 1. The molecule has 1 aromatic rings. The molecule has 1 fully saturated rings. The number of aryl methyl sites for hydroxylation is 1. The van der Waals surface area contributed by atoms with Gasteiger partial charge in [-0.3, -0.25) is 0 Å². The Labute approximate surface area is 109 Å². The van der Waals surface area contributed by atoms with Gasteiger partial charge in [0.25, 0.3) is 0 Å². The lowest BCUT2D eigenvalue weighted by Gasteiger charge is -2.34. The highest BCUT2D eigenvalue weighted by Crippen LogP contribution is 2.26. The van der Waals surface area contributed by atoms with E-state index in [1.165, 1.54) is 25.7 Å². The van der Waals surface area contributed by atoms with Crippen molar-refractivity contribution < 1.29 is 0 Å². The van der Waals surface area contributed by atoms with Crippen molar-refractivity contribution in [3.05, 3.63) is 18.2 Å². The fourth-order valence-electron chi connectivity index (χ4n) is 2.64. The first kappa shape index (κ1) is 12.9. The summed E-state index contributed by atoms with van der Waals surface area (Å²) in [5, 5.41) is 0.329. The molecule has 2 atom stereocenters. The molecule has 2 unspecified atom stereocenters. The van der Waals surface area contributed by atoms with Crippen LogP contribution >= 0.6 is 11.6 Å². The summed E-state index contributed by atoms with van der Waals surface area (Å²) in [5.41, 5.74) is 0. The van der Waals surface area contributed by atoms with Crippen molar-refractivity contribution >= 4 is 11.6 Å². The van der Waals surface area contributed by atoms with Gasteiger partial charge in [-0.05, 0) is 19.9 Å². The highest BCUT2D eigenvalue weighted by atomic mass is 35.5. The van der Waals surface area contributed by atoms with Gasteiger partial charge in [0.05, 0.1) is 0 Å². The highest BCUT2D eigenvalue weighted by molar-refractivity contribution is 6.21. The number of alkyl halides is 1. The van der Waals surface area contributed by atoms with Gasteiger partial charge in [-0.25, -0.2) is 4.98 Å². The van der Waals surface area contributed by atoms with Crippen LogP contribution in [0.25, 0.3) is 0 Å². The van der Waals surface area contributed by atoms with Crippen LogP contribution in [0.2, 0.25) is 0 Å². The van der Waals surface area contributed by atoms with Gasteiger partial charge in [0.1, 0.15) is 5.82 Å². The van der Waals surface area contributed by atoms with Crippen LogP contribution in [0.5, 0.6) is 0 Å². The number of imidazole rings is 1. The molecule has 2 rings (SSSR count). The van der Waals surface area contributed by atoms with E-state index >= 15 is 0 Å². The molecule has 96 valence electrons. The van der Waals surface area contributed by atoms with Crippen molar-refractivity contribution in [3.8, 4) is 0 Å². The largest absolute Gasteiger partial charge is 0.338 e. The third kappa shape index (κ3) is 3.23. The lowest BCUT2D eigenvalue weighted by Crippen LogP contribution is -2.41. The Hall–Kier alpha value is -0.540. The lowest BCUT2D eigenvalue weighted by atomic mass is 9.94. The minimum absolute atomic E-state index is 0.329. The number of aromatic nitrogens is 2. The van der Waals surface area contributed by atoms with E-state index in [0.29, 0.717) is 11.4 Å². The van der Waals surface area contributed by atoms with Crippen molar-refractivity contribution in [1.29, 1.82) is 0 Å². The summed E-state index contributed by atoms with van der Waals surface area (Å²) in [6.45, 7) is 1.04. The zero-order chi connectivity index (χ0) is 12.3. The SMILES string of the molecule is CN(CCc1nccn1C)C1CCCCC1Cl. The molecule has 1 aromatic heterocycles. The Morgan fingerprint density at radius 1 is 1.47 bits per heavy atom. The van der Waals surface area contributed by atoms with Crippen molar-refractivity contribution in [3.63, 3.8) is 0 Å². The fraction of sp³-hybridized carbons (Fsp3) is 0.769. The van der Waals surface area contributed by atoms with Gasteiger partial charge < -0.3 is 9.47 Å². The molecule has 0 spiro atoms. The lowest BCUT2D eigenvalue weighted by molar-refractivity contribution is 0.196. The molecule has 0 aromatic carbocycles. The molecule has 0 bridgehead atoms. The highest BCUT2D eigenvalue weighted by Gasteiger charge is 2.26. The van der Waals surface area contributed by atoms with Crippen LogP contribution in [0.1, 0.15) is 31.5 Å². The van der Waals surface area contributed by atoms with E-state index in [9.17, 15) is 0 Å². The van der Waals surface area contributed by atoms with E-state index in [1.54, 1.807) is 0 Å². The van der Waals surface area contributed by atoms with Crippen molar-refractivity contribution in [1.82, 2.24) is 14.5 Å². The van der Waals surface area contributed by atoms with Gasteiger partial charge in [-0.2, -0.15) is 0 Å². The normalized spacial score (nSPS) is 25.4. The predicted octanol–water partition coefficient (Wildman–Crippen LogP) is 2.44. The van der Waals surface area contributed by atoms with Crippen LogP contribution in [0, 0.1) is 0 Å². The van der Waals surface area contributed by atoms with Crippen LogP contribution < -0.4 is 0 Å². The van der Waals surface area contributed by atoms with Gasteiger partial charge >= 0.3 is 0 Å². The Balaban J connectivity index is 1.84. The minimum atomic E-state index is 0.329. The molecule has 1 aliphatic carbocycles. The summed E-state index contributed by atoms with van der Waals surface area (Å²) in [7, 11) is 4.24. The second-order valence-corrected chi connectivity index (χ2v) is 5.61. The smallest absolute Gasteiger partial charge is 0.109 e. The standard InChI is InChI=1S/C13H22ClN3/c1-16(12-6-4-3-5-11(12)14)9-7-13-15-8-10-17(13)2/h8,10-12H,3-7,9H2,1-2H3. The first-order chi connectivity index (χ1) is 8.18. The first-order valence-electron chi connectivity index (χ1n) is 6.49. The van der Waals surface area contributed by atoms with Crippen molar-refractivity contribution in [2.45, 2.75) is 43.5 Å². The Morgan fingerprint density at radius 3 is 2.88 bits per heavy atom. The second-order valence-electron chi connectivity index (χ2n) is 5.05. The van der Waals surface area contributed by atoms with E-state index in [-0.39, 0.29) is 0 Å². The molecule has 0 amide bonds.